The number of rotatable bonds is 5. The molecule has 0 atom stereocenters. The maximum Gasteiger partial charge on any atom is 0.408 e. The van der Waals surface area contributed by atoms with Gasteiger partial charge in [0.25, 0.3) is 5.91 Å². The highest BCUT2D eigenvalue weighted by Gasteiger charge is 2.27. The van der Waals surface area contributed by atoms with Crippen molar-refractivity contribution in [3.63, 3.8) is 0 Å². The molecule has 0 spiro atoms. The highest BCUT2D eigenvalue weighted by atomic mass is 16.6. The van der Waals surface area contributed by atoms with E-state index in [0.717, 1.165) is 0 Å². The van der Waals surface area contributed by atoms with Crippen molar-refractivity contribution in [1.82, 2.24) is 15.1 Å². The van der Waals surface area contributed by atoms with E-state index in [1.807, 2.05) is 0 Å². The topological polar surface area (TPSA) is 97.4 Å². The molecule has 1 fully saturated rings. The van der Waals surface area contributed by atoms with E-state index in [1.54, 1.807) is 48.8 Å². The Balaban J connectivity index is 1.98. The molecule has 3 amide bonds. The van der Waals surface area contributed by atoms with Crippen molar-refractivity contribution in [1.29, 1.82) is 0 Å². The molecule has 1 aromatic carbocycles. The number of benzene rings is 1. The van der Waals surface area contributed by atoms with Gasteiger partial charge in [0.15, 0.2) is 0 Å². The van der Waals surface area contributed by atoms with E-state index in [4.69, 9.17) is 14.2 Å². The van der Waals surface area contributed by atoms with Gasteiger partial charge in [-0.15, -0.1) is 0 Å². The van der Waals surface area contributed by atoms with E-state index < -0.39 is 11.7 Å². The predicted octanol–water partition coefficient (Wildman–Crippen LogP) is 1.90. The molecule has 1 heterocycles. The quantitative estimate of drug-likeness (QED) is 0.780. The van der Waals surface area contributed by atoms with Gasteiger partial charge < -0.3 is 29.3 Å². The number of methoxy groups -OCH3 is 2. The second-order valence-electron chi connectivity index (χ2n) is 7.92. The zero-order valence-electron chi connectivity index (χ0n) is 18.3. The van der Waals surface area contributed by atoms with Crippen molar-refractivity contribution in [2.75, 3.05) is 46.9 Å². The molecule has 0 aliphatic carbocycles. The molecule has 0 bridgehead atoms. The minimum absolute atomic E-state index is 0.150. The summed E-state index contributed by atoms with van der Waals surface area (Å²) in [7, 11) is 3.01. The third-order valence-electron chi connectivity index (χ3n) is 4.56. The normalized spacial score (nSPS) is 14.6. The Morgan fingerprint density at radius 2 is 1.53 bits per heavy atom. The van der Waals surface area contributed by atoms with E-state index in [9.17, 15) is 14.4 Å². The van der Waals surface area contributed by atoms with Crippen LogP contribution in [0.1, 0.15) is 37.6 Å². The number of hydrogen-bond acceptors (Lipinski definition) is 6. The second kappa shape index (κ2) is 10.2. The molecule has 9 heteroatoms. The lowest BCUT2D eigenvalue weighted by Crippen LogP contribution is -2.43. The number of nitrogens with one attached hydrogen (secondary N) is 1. The molecule has 0 radical (unpaired) electrons. The van der Waals surface area contributed by atoms with Crippen LogP contribution in [0, 0.1) is 0 Å². The number of carbonyl (C=O) groups excluding carboxylic acids is 3. The minimum Gasteiger partial charge on any atom is -0.496 e. The van der Waals surface area contributed by atoms with Crippen LogP contribution in [0.3, 0.4) is 0 Å². The Kier molecular flexibility index (Phi) is 7.91. The van der Waals surface area contributed by atoms with Crippen molar-refractivity contribution in [3.05, 3.63) is 23.8 Å². The number of ether oxygens (including phenoxy) is 3. The van der Waals surface area contributed by atoms with Crippen LogP contribution in [0.15, 0.2) is 18.2 Å². The first-order valence-corrected chi connectivity index (χ1v) is 9.91. The van der Waals surface area contributed by atoms with Crippen LogP contribution < -0.4 is 14.8 Å². The second-order valence-corrected chi connectivity index (χ2v) is 7.92. The molecule has 0 saturated carbocycles. The summed E-state index contributed by atoms with van der Waals surface area (Å²) in [4.78, 5) is 40.7. The SMILES string of the molecule is COc1cccc(OC)c1C(=O)N1CCCN(C(=O)CNC(=O)OC(C)(C)C)CC1. The first-order valence-electron chi connectivity index (χ1n) is 9.91. The van der Waals surface area contributed by atoms with Gasteiger partial charge in [-0.25, -0.2) is 4.79 Å². The zero-order valence-corrected chi connectivity index (χ0v) is 18.3. The smallest absolute Gasteiger partial charge is 0.408 e. The minimum atomic E-state index is -0.634. The van der Waals surface area contributed by atoms with Crippen LogP contribution >= 0.6 is 0 Å². The standard InChI is InChI=1S/C21H31N3O6/c1-21(2,3)30-20(27)22-14-17(25)23-10-7-11-24(13-12-23)19(26)18-15(28-4)8-6-9-16(18)29-5/h6,8-9H,7,10-14H2,1-5H3,(H,22,27). The Labute approximate surface area is 177 Å². The number of amides is 3. The average Bonchev–Trinajstić information content (AvgIpc) is 2.95. The molecule has 0 aromatic heterocycles. The Morgan fingerprint density at radius 3 is 2.10 bits per heavy atom. The molecule has 1 aromatic rings. The molecule has 1 saturated heterocycles. The lowest BCUT2D eigenvalue weighted by molar-refractivity contribution is -0.130. The van der Waals surface area contributed by atoms with Crippen molar-refractivity contribution in [2.24, 2.45) is 0 Å². The first-order chi connectivity index (χ1) is 14.2. The number of carbonyl (C=O) groups is 3. The summed E-state index contributed by atoms with van der Waals surface area (Å²) < 4.78 is 15.8. The summed E-state index contributed by atoms with van der Waals surface area (Å²) in [6.45, 7) is 6.87. The van der Waals surface area contributed by atoms with Gasteiger partial charge in [-0.05, 0) is 39.3 Å². The molecule has 30 heavy (non-hydrogen) atoms. The number of hydrogen-bond donors (Lipinski definition) is 1. The summed E-state index contributed by atoms with van der Waals surface area (Å²) in [5.41, 5.74) is -0.259. The average molecular weight is 421 g/mol. The fourth-order valence-corrected chi connectivity index (χ4v) is 3.16. The molecular weight excluding hydrogens is 390 g/mol. The van der Waals surface area contributed by atoms with Crippen LogP contribution in [-0.2, 0) is 9.53 Å². The Morgan fingerprint density at radius 1 is 0.967 bits per heavy atom. The Hall–Kier alpha value is -2.97. The summed E-state index contributed by atoms with van der Waals surface area (Å²) in [5.74, 6) is 0.465. The van der Waals surface area contributed by atoms with Crippen LogP contribution in [0.5, 0.6) is 11.5 Å². The van der Waals surface area contributed by atoms with Crippen molar-refractivity contribution in [3.8, 4) is 11.5 Å². The predicted molar refractivity (Wildman–Crippen MR) is 111 cm³/mol. The van der Waals surface area contributed by atoms with Crippen LogP contribution in [0.4, 0.5) is 4.79 Å². The van der Waals surface area contributed by atoms with Crippen LogP contribution in [-0.4, -0.2) is 80.3 Å². The van der Waals surface area contributed by atoms with Crippen molar-refractivity contribution in [2.45, 2.75) is 32.8 Å². The van der Waals surface area contributed by atoms with E-state index in [0.29, 0.717) is 49.7 Å². The molecule has 166 valence electrons. The van der Waals surface area contributed by atoms with E-state index >= 15 is 0 Å². The highest BCUT2D eigenvalue weighted by Crippen LogP contribution is 2.29. The van der Waals surface area contributed by atoms with Gasteiger partial charge >= 0.3 is 6.09 Å². The van der Waals surface area contributed by atoms with Gasteiger partial charge in [0.1, 0.15) is 29.2 Å². The fourth-order valence-electron chi connectivity index (χ4n) is 3.16. The number of alkyl carbamates (subject to hydrolysis) is 1. The maximum absolute atomic E-state index is 13.1. The molecule has 2 rings (SSSR count). The summed E-state index contributed by atoms with van der Waals surface area (Å²) in [6, 6.07) is 5.19. The molecular formula is C21H31N3O6. The lowest BCUT2D eigenvalue weighted by Gasteiger charge is -2.24. The monoisotopic (exact) mass is 421 g/mol. The fraction of sp³-hybridized carbons (Fsp3) is 0.571. The van der Waals surface area contributed by atoms with Gasteiger partial charge in [-0.1, -0.05) is 6.07 Å². The molecule has 9 nitrogen and oxygen atoms in total. The summed E-state index contributed by atoms with van der Waals surface area (Å²) in [6.07, 6.45) is -0.00720. The molecule has 1 N–H and O–H groups in total. The van der Waals surface area contributed by atoms with Crippen molar-refractivity contribution >= 4 is 17.9 Å². The largest absolute Gasteiger partial charge is 0.496 e. The highest BCUT2D eigenvalue weighted by molar-refractivity contribution is 5.99. The third kappa shape index (κ3) is 6.27. The number of nitrogens with zero attached hydrogens (tertiary/aromatic N) is 2. The van der Waals surface area contributed by atoms with E-state index in [1.165, 1.54) is 14.2 Å². The molecule has 1 aliphatic heterocycles. The first kappa shape index (κ1) is 23.3. The molecule has 1 aliphatic rings. The maximum atomic E-state index is 13.1. The van der Waals surface area contributed by atoms with Gasteiger partial charge in [-0.2, -0.15) is 0 Å². The summed E-state index contributed by atoms with van der Waals surface area (Å²) >= 11 is 0. The van der Waals surface area contributed by atoms with Crippen LogP contribution in [0.25, 0.3) is 0 Å². The van der Waals surface area contributed by atoms with Gasteiger partial charge in [0, 0.05) is 26.2 Å². The third-order valence-corrected chi connectivity index (χ3v) is 4.56. The summed E-state index contributed by atoms with van der Waals surface area (Å²) in [5, 5.41) is 2.48. The van der Waals surface area contributed by atoms with Crippen LogP contribution in [0.2, 0.25) is 0 Å². The van der Waals surface area contributed by atoms with E-state index in [-0.39, 0.29) is 18.4 Å². The van der Waals surface area contributed by atoms with Gasteiger partial charge in [-0.3, -0.25) is 9.59 Å². The van der Waals surface area contributed by atoms with Gasteiger partial charge in [0.05, 0.1) is 14.2 Å². The van der Waals surface area contributed by atoms with E-state index in [2.05, 4.69) is 5.32 Å². The Bertz CT molecular complexity index is 752. The molecule has 0 unspecified atom stereocenters. The lowest BCUT2D eigenvalue weighted by atomic mass is 10.1. The zero-order chi connectivity index (χ0) is 22.3. The van der Waals surface area contributed by atoms with Crippen molar-refractivity contribution < 1.29 is 28.6 Å². The van der Waals surface area contributed by atoms with Gasteiger partial charge in [0.2, 0.25) is 5.91 Å².